The summed E-state index contributed by atoms with van der Waals surface area (Å²) in [4.78, 5) is 14.5. The quantitative estimate of drug-likeness (QED) is 0.560. The lowest BCUT2D eigenvalue weighted by molar-refractivity contribution is -0.128. The van der Waals surface area contributed by atoms with Gasteiger partial charge in [0.2, 0.25) is 5.91 Å². The molecule has 0 saturated carbocycles. The van der Waals surface area contributed by atoms with Crippen molar-refractivity contribution in [1.82, 2.24) is 4.90 Å². The van der Waals surface area contributed by atoms with Crippen molar-refractivity contribution in [2.24, 2.45) is 0 Å². The Morgan fingerprint density at radius 2 is 1.59 bits per heavy atom. The summed E-state index contributed by atoms with van der Waals surface area (Å²) in [5.74, 6) is 3.25. The minimum Gasteiger partial charge on any atom is -0.493 e. The maximum atomic E-state index is 12.6. The summed E-state index contributed by atoms with van der Waals surface area (Å²) in [7, 11) is 6.45. The first-order valence-electron chi connectivity index (χ1n) is 9.05. The zero-order chi connectivity index (χ0) is 21.0. The number of hydrogen-bond acceptors (Lipinski definition) is 6. The van der Waals surface area contributed by atoms with Gasteiger partial charge in [-0.25, -0.2) is 0 Å². The molecule has 1 heterocycles. The molecule has 8 heteroatoms. The fraction of sp³-hybridized carbons (Fsp3) is 0.381. The van der Waals surface area contributed by atoms with Crippen molar-refractivity contribution >= 4 is 33.6 Å². The van der Waals surface area contributed by atoms with Crippen LogP contribution in [0.2, 0.25) is 0 Å². The van der Waals surface area contributed by atoms with Crippen LogP contribution >= 0.6 is 27.7 Å². The number of methoxy groups -OCH3 is 4. The monoisotopic (exact) mass is 481 g/mol. The molecule has 156 valence electrons. The number of hydrogen-bond donors (Lipinski definition) is 0. The van der Waals surface area contributed by atoms with Crippen molar-refractivity contribution in [1.29, 1.82) is 0 Å². The minimum atomic E-state index is -0.0863. The van der Waals surface area contributed by atoms with Crippen molar-refractivity contribution in [2.75, 3.05) is 40.7 Å². The molecule has 2 aromatic rings. The highest BCUT2D eigenvalue weighted by molar-refractivity contribution is 9.10. The average molecular weight is 482 g/mol. The number of nitrogens with zero attached hydrogens (tertiary/aromatic N) is 1. The summed E-state index contributed by atoms with van der Waals surface area (Å²) < 4.78 is 22.4. The first kappa shape index (κ1) is 21.6. The lowest BCUT2D eigenvalue weighted by atomic mass is 10.1. The second-order valence-electron chi connectivity index (χ2n) is 6.42. The Morgan fingerprint density at radius 3 is 2.24 bits per heavy atom. The van der Waals surface area contributed by atoms with Crippen LogP contribution in [-0.2, 0) is 11.2 Å². The lowest BCUT2D eigenvalue weighted by Gasteiger charge is -2.26. The SMILES string of the molecule is COc1ccc(CCN2C(=O)CSC2c2cc(OC)c(OC)cc2Br)cc1OC. The summed E-state index contributed by atoms with van der Waals surface area (Å²) >= 11 is 5.23. The molecule has 1 saturated heterocycles. The van der Waals surface area contributed by atoms with E-state index in [0.29, 0.717) is 41.7 Å². The van der Waals surface area contributed by atoms with Gasteiger partial charge in [0.15, 0.2) is 23.0 Å². The van der Waals surface area contributed by atoms with Gasteiger partial charge in [0.25, 0.3) is 0 Å². The summed E-state index contributed by atoms with van der Waals surface area (Å²) in [6.07, 6.45) is 0.716. The third-order valence-corrected chi connectivity index (χ3v) is 6.75. The molecule has 29 heavy (non-hydrogen) atoms. The van der Waals surface area contributed by atoms with Crippen LogP contribution < -0.4 is 18.9 Å². The van der Waals surface area contributed by atoms with Crippen molar-refractivity contribution in [3.8, 4) is 23.0 Å². The number of ether oxygens (including phenoxy) is 4. The highest BCUT2D eigenvalue weighted by atomic mass is 79.9. The third kappa shape index (κ3) is 4.59. The molecule has 0 spiro atoms. The Hall–Kier alpha value is -2.06. The van der Waals surface area contributed by atoms with Crippen LogP contribution in [0.1, 0.15) is 16.5 Å². The van der Waals surface area contributed by atoms with Crippen molar-refractivity contribution in [3.05, 3.63) is 45.9 Å². The molecular weight excluding hydrogens is 458 g/mol. The second kappa shape index (κ2) is 9.63. The topological polar surface area (TPSA) is 57.2 Å². The molecule has 0 aromatic heterocycles. The Morgan fingerprint density at radius 1 is 0.966 bits per heavy atom. The summed E-state index contributed by atoms with van der Waals surface area (Å²) in [6, 6.07) is 9.65. The maximum Gasteiger partial charge on any atom is 0.233 e. The molecule has 0 aliphatic carbocycles. The third-order valence-electron chi connectivity index (χ3n) is 4.83. The van der Waals surface area contributed by atoms with Gasteiger partial charge >= 0.3 is 0 Å². The van der Waals surface area contributed by atoms with E-state index in [1.807, 2.05) is 35.2 Å². The predicted octanol–water partition coefficient (Wildman–Crippen LogP) is 4.30. The Kier molecular flexibility index (Phi) is 7.18. The summed E-state index contributed by atoms with van der Waals surface area (Å²) in [5.41, 5.74) is 2.07. The van der Waals surface area contributed by atoms with Gasteiger partial charge in [-0.2, -0.15) is 0 Å². The van der Waals surface area contributed by atoms with E-state index in [2.05, 4.69) is 15.9 Å². The number of halogens is 1. The van der Waals surface area contributed by atoms with Crippen LogP contribution in [0.5, 0.6) is 23.0 Å². The van der Waals surface area contributed by atoms with Crippen LogP contribution in [-0.4, -0.2) is 51.5 Å². The van der Waals surface area contributed by atoms with E-state index in [0.717, 1.165) is 15.6 Å². The van der Waals surface area contributed by atoms with E-state index in [-0.39, 0.29) is 11.3 Å². The fourth-order valence-corrected chi connectivity index (χ4v) is 5.23. The standard InChI is InChI=1S/C21H24BrNO5S/c1-25-16-6-5-13(9-17(16)26-2)7-8-23-20(24)12-29-21(23)14-10-18(27-3)19(28-4)11-15(14)22/h5-6,9-11,21H,7-8,12H2,1-4H3. The fourth-order valence-electron chi connectivity index (χ4n) is 3.30. The molecule has 1 fully saturated rings. The Labute approximate surface area is 183 Å². The van der Waals surface area contributed by atoms with Gasteiger partial charge in [-0.05, 0) is 36.2 Å². The van der Waals surface area contributed by atoms with E-state index in [1.54, 1.807) is 40.2 Å². The van der Waals surface area contributed by atoms with Crippen LogP contribution in [0.15, 0.2) is 34.8 Å². The van der Waals surface area contributed by atoms with Crippen LogP contribution in [0.25, 0.3) is 0 Å². The highest BCUT2D eigenvalue weighted by Gasteiger charge is 2.34. The second-order valence-corrected chi connectivity index (χ2v) is 8.34. The Bertz CT molecular complexity index is 892. The van der Waals surface area contributed by atoms with Crippen molar-refractivity contribution < 1.29 is 23.7 Å². The van der Waals surface area contributed by atoms with Gasteiger partial charge in [0.05, 0.1) is 34.2 Å². The van der Waals surface area contributed by atoms with E-state index >= 15 is 0 Å². The molecule has 6 nitrogen and oxygen atoms in total. The number of carbonyl (C=O) groups is 1. The normalized spacial score (nSPS) is 16.1. The number of thioether (sulfide) groups is 1. The Balaban J connectivity index is 1.81. The van der Waals surface area contributed by atoms with Gasteiger partial charge in [-0.3, -0.25) is 4.79 Å². The lowest BCUT2D eigenvalue weighted by Crippen LogP contribution is -2.30. The molecule has 1 aliphatic heterocycles. The first-order chi connectivity index (χ1) is 14.0. The van der Waals surface area contributed by atoms with Gasteiger partial charge in [0, 0.05) is 16.6 Å². The molecule has 1 atom stereocenters. The number of rotatable bonds is 8. The zero-order valence-electron chi connectivity index (χ0n) is 16.9. The highest BCUT2D eigenvalue weighted by Crippen LogP contribution is 2.45. The summed E-state index contributed by atoms with van der Waals surface area (Å²) in [5, 5.41) is -0.0863. The van der Waals surface area contributed by atoms with E-state index in [1.165, 1.54) is 0 Å². The predicted molar refractivity (Wildman–Crippen MR) is 117 cm³/mol. The number of amides is 1. The molecule has 1 amide bonds. The molecule has 0 bridgehead atoms. The molecule has 0 radical (unpaired) electrons. The van der Waals surface area contributed by atoms with E-state index in [9.17, 15) is 4.79 Å². The summed E-state index contributed by atoms with van der Waals surface area (Å²) in [6.45, 7) is 0.604. The van der Waals surface area contributed by atoms with Gasteiger partial charge < -0.3 is 23.8 Å². The minimum absolute atomic E-state index is 0.0863. The van der Waals surface area contributed by atoms with E-state index < -0.39 is 0 Å². The van der Waals surface area contributed by atoms with Crippen molar-refractivity contribution in [2.45, 2.75) is 11.8 Å². The maximum absolute atomic E-state index is 12.6. The molecule has 1 aliphatic rings. The average Bonchev–Trinajstić information content (AvgIpc) is 3.11. The smallest absolute Gasteiger partial charge is 0.233 e. The van der Waals surface area contributed by atoms with Gasteiger partial charge in [-0.15, -0.1) is 11.8 Å². The molecular formula is C21H24BrNO5S. The van der Waals surface area contributed by atoms with Gasteiger partial charge in [0.1, 0.15) is 5.37 Å². The molecule has 3 rings (SSSR count). The van der Waals surface area contributed by atoms with Crippen LogP contribution in [0.4, 0.5) is 0 Å². The van der Waals surface area contributed by atoms with Crippen molar-refractivity contribution in [3.63, 3.8) is 0 Å². The first-order valence-corrected chi connectivity index (χ1v) is 10.9. The zero-order valence-corrected chi connectivity index (χ0v) is 19.3. The number of benzene rings is 2. The molecule has 0 N–H and O–H groups in total. The van der Waals surface area contributed by atoms with E-state index in [4.69, 9.17) is 18.9 Å². The molecule has 1 unspecified atom stereocenters. The molecule has 2 aromatic carbocycles. The van der Waals surface area contributed by atoms with Gasteiger partial charge in [-0.1, -0.05) is 22.0 Å². The number of carbonyl (C=O) groups excluding carboxylic acids is 1. The largest absolute Gasteiger partial charge is 0.493 e. The van der Waals surface area contributed by atoms with Crippen LogP contribution in [0, 0.1) is 0 Å². The van der Waals surface area contributed by atoms with Crippen LogP contribution in [0.3, 0.4) is 0 Å².